The minimum absolute atomic E-state index is 0.683. The van der Waals surface area contributed by atoms with Gasteiger partial charge in [0, 0.05) is 6.54 Å². The summed E-state index contributed by atoms with van der Waals surface area (Å²) in [6.07, 6.45) is 4.15. The van der Waals surface area contributed by atoms with E-state index in [1.807, 2.05) is 0 Å². The molecule has 1 aliphatic heterocycles. The normalized spacial score (nSPS) is 22.2. The first-order chi connectivity index (χ1) is 7.17. The van der Waals surface area contributed by atoms with Crippen molar-refractivity contribution in [1.82, 2.24) is 4.90 Å². The quantitative estimate of drug-likeness (QED) is 0.758. The molecule has 0 amide bonds. The Bertz CT molecular complexity index is 160. The van der Waals surface area contributed by atoms with Gasteiger partial charge in [-0.05, 0) is 50.2 Å². The molecule has 2 heteroatoms. The molecule has 1 aliphatic rings. The first-order valence-corrected chi connectivity index (χ1v) is 6.59. The second-order valence-corrected chi connectivity index (χ2v) is 5.39. The Morgan fingerprint density at radius 3 is 2.27 bits per heavy atom. The summed E-state index contributed by atoms with van der Waals surface area (Å²) in [6.45, 7) is 11.5. The van der Waals surface area contributed by atoms with Crippen molar-refractivity contribution >= 4 is 0 Å². The zero-order valence-corrected chi connectivity index (χ0v) is 10.7. The van der Waals surface area contributed by atoms with Crippen LogP contribution in [0.1, 0.15) is 40.0 Å². The van der Waals surface area contributed by atoms with Crippen molar-refractivity contribution in [3.05, 3.63) is 0 Å². The van der Waals surface area contributed by atoms with Crippen LogP contribution in [0.3, 0.4) is 0 Å². The first-order valence-electron chi connectivity index (χ1n) is 6.59. The molecule has 0 spiro atoms. The van der Waals surface area contributed by atoms with Crippen molar-refractivity contribution in [2.45, 2.75) is 40.0 Å². The lowest BCUT2D eigenvalue weighted by molar-refractivity contribution is 0.145. The molecule has 1 unspecified atom stereocenters. The molecule has 0 aromatic rings. The van der Waals surface area contributed by atoms with Crippen LogP contribution in [-0.2, 0) is 0 Å². The van der Waals surface area contributed by atoms with Crippen LogP contribution in [-0.4, -0.2) is 31.1 Å². The maximum absolute atomic E-state index is 5.82. The number of nitrogens with zero attached hydrogens (tertiary/aromatic N) is 1. The van der Waals surface area contributed by atoms with E-state index in [-0.39, 0.29) is 0 Å². The van der Waals surface area contributed by atoms with Gasteiger partial charge in [0.1, 0.15) is 0 Å². The third kappa shape index (κ3) is 4.12. The molecular weight excluding hydrogens is 184 g/mol. The molecule has 1 heterocycles. The van der Waals surface area contributed by atoms with Crippen LogP contribution < -0.4 is 5.73 Å². The van der Waals surface area contributed by atoms with Crippen molar-refractivity contribution in [1.29, 1.82) is 0 Å². The van der Waals surface area contributed by atoms with Crippen molar-refractivity contribution in [2.24, 2.45) is 23.5 Å². The Hall–Kier alpha value is -0.0800. The third-order valence-electron chi connectivity index (χ3n) is 4.02. The number of nitrogens with two attached hydrogens (primary N) is 1. The lowest BCUT2D eigenvalue weighted by Gasteiger charge is -2.34. The van der Waals surface area contributed by atoms with E-state index in [1.165, 1.54) is 38.9 Å². The van der Waals surface area contributed by atoms with Crippen LogP contribution in [0.5, 0.6) is 0 Å². The van der Waals surface area contributed by atoms with Crippen LogP contribution in [0, 0.1) is 17.8 Å². The molecule has 0 aliphatic carbocycles. The Labute approximate surface area is 95.2 Å². The van der Waals surface area contributed by atoms with E-state index in [4.69, 9.17) is 5.73 Å². The smallest absolute Gasteiger partial charge is 0.00242 e. The predicted octanol–water partition coefficient (Wildman–Crippen LogP) is 2.34. The van der Waals surface area contributed by atoms with Gasteiger partial charge in [-0.1, -0.05) is 27.2 Å². The highest BCUT2D eigenvalue weighted by molar-refractivity contribution is 4.75. The molecule has 90 valence electrons. The van der Waals surface area contributed by atoms with Gasteiger partial charge in [0.2, 0.25) is 0 Å². The van der Waals surface area contributed by atoms with Gasteiger partial charge < -0.3 is 10.6 Å². The summed E-state index contributed by atoms with van der Waals surface area (Å²) in [5.41, 5.74) is 5.82. The molecular formula is C13H28N2. The summed E-state index contributed by atoms with van der Waals surface area (Å²) < 4.78 is 0. The molecule has 0 aromatic carbocycles. The molecule has 0 aromatic heterocycles. The van der Waals surface area contributed by atoms with Crippen molar-refractivity contribution in [3.63, 3.8) is 0 Å². The average Bonchev–Trinajstić information content (AvgIpc) is 2.26. The van der Waals surface area contributed by atoms with Crippen LogP contribution in [0.15, 0.2) is 0 Å². The molecule has 1 atom stereocenters. The van der Waals surface area contributed by atoms with E-state index in [9.17, 15) is 0 Å². The van der Waals surface area contributed by atoms with E-state index in [0.29, 0.717) is 5.92 Å². The average molecular weight is 212 g/mol. The number of piperidine rings is 1. The van der Waals surface area contributed by atoms with Gasteiger partial charge in [0.25, 0.3) is 0 Å². The number of likely N-dealkylation sites (tertiary alicyclic amines) is 1. The highest BCUT2D eigenvalue weighted by atomic mass is 15.1. The summed E-state index contributed by atoms with van der Waals surface area (Å²) >= 11 is 0. The Morgan fingerprint density at radius 1 is 1.27 bits per heavy atom. The molecule has 2 nitrogen and oxygen atoms in total. The zero-order chi connectivity index (χ0) is 11.3. The number of hydrogen-bond acceptors (Lipinski definition) is 2. The highest BCUT2D eigenvalue weighted by Crippen LogP contribution is 2.21. The second kappa shape index (κ2) is 6.49. The lowest BCUT2D eigenvalue weighted by atomic mass is 9.91. The Balaban J connectivity index is 2.28. The highest BCUT2D eigenvalue weighted by Gasteiger charge is 2.21. The molecule has 2 N–H and O–H groups in total. The monoisotopic (exact) mass is 212 g/mol. The fourth-order valence-corrected chi connectivity index (χ4v) is 2.47. The van der Waals surface area contributed by atoms with E-state index >= 15 is 0 Å². The van der Waals surface area contributed by atoms with Gasteiger partial charge in [-0.15, -0.1) is 0 Å². The number of rotatable bonds is 5. The molecule has 1 saturated heterocycles. The summed E-state index contributed by atoms with van der Waals surface area (Å²) in [6, 6.07) is 0. The van der Waals surface area contributed by atoms with E-state index in [1.54, 1.807) is 0 Å². The van der Waals surface area contributed by atoms with Crippen LogP contribution >= 0.6 is 0 Å². The third-order valence-corrected chi connectivity index (χ3v) is 4.02. The van der Waals surface area contributed by atoms with E-state index in [2.05, 4.69) is 25.7 Å². The maximum Gasteiger partial charge on any atom is 0.00242 e. The molecule has 1 fully saturated rings. The summed E-state index contributed by atoms with van der Waals surface area (Å²) in [7, 11) is 0. The van der Waals surface area contributed by atoms with Crippen LogP contribution in [0.4, 0.5) is 0 Å². The molecule has 0 bridgehead atoms. The van der Waals surface area contributed by atoms with Gasteiger partial charge in [-0.3, -0.25) is 0 Å². The standard InChI is InChI=1S/C13H28N2/c1-4-12-5-7-15(8-6-12)10-13(9-14)11(2)3/h11-13H,4-10,14H2,1-3H3. The topological polar surface area (TPSA) is 29.3 Å². The summed E-state index contributed by atoms with van der Waals surface area (Å²) in [4.78, 5) is 2.61. The minimum Gasteiger partial charge on any atom is -0.330 e. The SMILES string of the molecule is CCC1CCN(CC(CN)C(C)C)CC1. The number of hydrogen-bond donors (Lipinski definition) is 1. The fourth-order valence-electron chi connectivity index (χ4n) is 2.47. The van der Waals surface area contributed by atoms with Crippen LogP contribution in [0.25, 0.3) is 0 Å². The summed E-state index contributed by atoms with van der Waals surface area (Å²) in [5, 5.41) is 0. The second-order valence-electron chi connectivity index (χ2n) is 5.39. The van der Waals surface area contributed by atoms with Crippen molar-refractivity contribution in [2.75, 3.05) is 26.2 Å². The Morgan fingerprint density at radius 2 is 1.87 bits per heavy atom. The molecule has 1 rings (SSSR count). The molecule has 0 radical (unpaired) electrons. The predicted molar refractivity (Wildman–Crippen MR) is 66.8 cm³/mol. The molecule has 0 saturated carbocycles. The zero-order valence-electron chi connectivity index (χ0n) is 10.7. The van der Waals surface area contributed by atoms with Gasteiger partial charge in [0.05, 0.1) is 0 Å². The van der Waals surface area contributed by atoms with Gasteiger partial charge >= 0.3 is 0 Å². The largest absolute Gasteiger partial charge is 0.330 e. The first kappa shape index (κ1) is 13.0. The van der Waals surface area contributed by atoms with Crippen LogP contribution in [0.2, 0.25) is 0 Å². The minimum atomic E-state index is 0.683. The fraction of sp³-hybridized carbons (Fsp3) is 1.00. The van der Waals surface area contributed by atoms with Gasteiger partial charge in [-0.2, -0.15) is 0 Å². The lowest BCUT2D eigenvalue weighted by Crippen LogP contribution is -2.40. The van der Waals surface area contributed by atoms with E-state index < -0.39 is 0 Å². The van der Waals surface area contributed by atoms with Gasteiger partial charge in [-0.25, -0.2) is 0 Å². The summed E-state index contributed by atoms with van der Waals surface area (Å²) in [5.74, 6) is 2.39. The van der Waals surface area contributed by atoms with E-state index in [0.717, 1.165) is 18.4 Å². The maximum atomic E-state index is 5.82. The molecule has 15 heavy (non-hydrogen) atoms. The van der Waals surface area contributed by atoms with Crippen molar-refractivity contribution < 1.29 is 0 Å². The van der Waals surface area contributed by atoms with Gasteiger partial charge in [0.15, 0.2) is 0 Å². The van der Waals surface area contributed by atoms with Crippen molar-refractivity contribution in [3.8, 4) is 0 Å². The Kier molecular flexibility index (Phi) is 5.62.